The zero-order valence-electron chi connectivity index (χ0n) is 16.3. The van der Waals surface area contributed by atoms with E-state index >= 15 is 0 Å². The topological polar surface area (TPSA) is 78.2 Å². The number of thioether (sulfide) groups is 1. The molecular weight excluding hydrogens is 414 g/mol. The van der Waals surface area contributed by atoms with Crippen LogP contribution >= 0.6 is 11.8 Å². The van der Waals surface area contributed by atoms with E-state index in [0.29, 0.717) is 23.3 Å². The third-order valence-corrected chi connectivity index (χ3v) is 5.13. The first-order valence-electron chi connectivity index (χ1n) is 9.01. The summed E-state index contributed by atoms with van der Waals surface area (Å²) in [5, 5.41) is 6.98. The standard InChI is InChI=1S/C20H20F2N4O3S/c1-25-17(13-7-9-14(29-2)10-8-13)24-26(20(25)28)12-11-23-18(27)15-5-3-4-6-16(15)30-19(21)22/h3-10,19H,11-12H2,1-2H3,(H,23,27). The summed E-state index contributed by atoms with van der Waals surface area (Å²) < 4.78 is 33.2. The molecule has 10 heteroatoms. The van der Waals surface area contributed by atoms with Gasteiger partial charge in [-0.05, 0) is 36.4 Å². The Morgan fingerprint density at radius 2 is 1.90 bits per heavy atom. The first-order valence-corrected chi connectivity index (χ1v) is 9.89. The van der Waals surface area contributed by atoms with Crippen molar-refractivity contribution in [3.05, 3.63) is 64.6 Å². The van der Waals surface area contributed by atoms with Crippen LogP contribution in [0.4, 0.5) is 8.78 Å². The predicted octanol–water partition coefficient (Wildman–Crippen LogP) is 3.00. The molecule has 0 saturated carbocycles. The molecule has 0 unspecified atom stereocenters. The normalized spacial score (nSPS) is 11.0. The van der Waals surface area contributed by atoms with Crippen LogP contribution in [0.15, 0.2) is 58.2 Å². The van der Waals surface area contributed by atoms with Crippen molar-refractivity contribution in [2.45, 2.75) is 17.2 Å². The van der Waals surface area contributed by atoms with Gasteiger partial charge in [0.15, 0.2) is 5.82 Å². The number of methoxy groups -OCH3 is 1. The molecule has 3 aromatic rings. The number of nitrogens with one attached hydrogen (secondary N) is 1. The summed E-state index contributed by atoms with van der Waals surface area (Å²) in [6.07, 6.45) is 0. The van der Waals surface area contributed by atoms with Gasteiger partial charge >= 0.3 is 5.69 Å². The van der Waals surface area contributed by atoms with Crippen molar-refractivity contribution in [3.63, 3.8) is 0 Å². The number of benzene rings is 2. The van der Waals surface area contributed by atoms with Crippen LogP contribution in [0.1, 0.15) is 10.4 Å². The zero-order chi connectivity index (χ0) is 21.7. The molecule has 0 aliphatic rings. The molecule has 30 heavy (non-hydrogen) atoms. The van der Waals surface area contributed by atoms with Gasteiger partial charge in [0.1, 0.15) is 5.75 Å². The third-order valence-electron chi connectivity index (χ3n) is 4.35. The highest BCUT2D eigenvalue weighted by Gasteiger charge is 2.16. The van der Waals surface area contributed by atoms with Crippen molar-refractivity contribution >= 4 is 17.7 Å². The van der Waals surface area contributed by atoms with E-state index in [2.05, 4.69) is 10.4 Å². The van der Waals surface area contributed by atoms with Crippen LogP contribution in [0, 0.1) is 0 Å². The number of amides is 1. The average molecular weight is 434 g/mol. The van der Waals surface area contributed by atoms with Gasteiger partial charge in [-0.1, -0.05) is 23.9 Å². The summed E-state index contributed by atoms with van der Waals surface area (Å²) in [5.74, 6) is -1.94. The minimum absolute atomic E-state index is 0.117. The van der Waals surface area contributed by atoms with Crippen molar-refractivity contribution < 1.29 is 18.3 Å². The molecule has 0 fully saturated rings. The fraction of sp³-hybridized carbons (Fsp3) is 0.250. The maximum absolute atomic E-state index is 12.7. The van der Waals surface area contributed by atoms with Crippen LogP contribution in [-0.4, -0.2) is 39.7 Å². The number of halogens is 2. The van der Waals surface area contributed by atoms with E-state index in [1.54, 1.807) is 50.6 Å². The van der Waals surface area contributed by atoms with Gasteiger partial charge in [0.2, 0.25) is 0 Å². The van der Waals surface area contributed by atoms with Crippen molar-refractivity contribution in [2.24, 2.45) is 7.05 Å². The lowest BCUT2D eigenvalue weighted by Gasteiger charge is -2.09. The van der Waals surface area contributed by atoms with E-state index in [1.165, 1.54) is 21.4 Å². The van der Waals surface area contributed by atoms with Gasteiger partial charge in [-0.3, -0.25) is 9.36 Å². The number of hydrogen-bond acceptors (Lipinski definition) is 5. The summed E-state index contributed by atoms with van der Waals surface area (Å²) in [6, 6.07) is 13.3. The molecule has 0 aliphatic carbocycles. The van der Waals surface area contributed by atoms with Crippen LogP contribution in [0.25, 0.3) is 11.4 Å². The maximum atomic E-state index is 12.7. The maximum Gasteiger partial charge on any atom is 0.345 e. The highest BCUT2D eigenvalue weighted by atomic mass is 32.2. The molecule has 1 heterocycles. The molecule has 1 aromatic heterocycles. The molecule has 0 atom stereocenters. The smallest absolute Gasteiger partial charge is 0.345 e. The summed E-state index contributed by atoms with van der Waals surface area (Å²) in [5.41, 5.74) is 0.579. The van der Waals surface area contributed by atoms with Crippen molar-refractivity contribution in [1.29, 1.82) is 0 Å². The zero-order valence-corrected chi connectivity index (χ0v) is 17.2. The minimum atomic E-state index is -2.62. The lowest BCUT2D eigenvalue weighted by atomic mass is 10.2. The van der Waals surface area contributed by atoms with Crippen LogP contribution in [0.3, 0.4) is 0 Å². The number of hydrogen-bond donors (Lipinski definition) is 1. The molecule has 7 nitrogen and oxygen atoms in total. The Balaban J connectivity index is 1.68. The number of alkyl halides is 2. The Bertz CT molecular complexity index is 1080. The van der Waals surface area contributed by atoms with Crippen LogP contribution in [0.5, 0.6) is 5.75 Å². The Labute approximate surface area is 175 Å². The molecule has 2 aromatic carbocycles. The average Bonchev–Trinajstić information content (AvgIpc) is 3.02. The largest absolute Gasteiger partial charge is 0.497 e. The number of rotatable bonds is 8. The van der Waals surface area contributed by atoms with Gasteiger partial charge in [-0.15, -0.1) is 5.10 Å². The molecule has 3 rings (SSSR count). The van der Waals surface area contributed by atoms with Crippen LogP contribution in [0.2, 0.25) is 0 Å². The van der Waals surface area contributed by atoms with E-state index < -0.39 is 11.7 Å². The molecule has 0 bridgehead atoms. The molecule has 0 spiro atoms. The van der Waals surface area contributed by atoms with E-state index in [1.807, 2.05) is 0 Å². The number of ether oxygens (including phenoxy) is 1. The minimum Gasteiger partial charge on any atom is -0.497 e. The van der Waals surface area contributed by atoms with Crippen LogP contribution < -0.4 is 15.7 Å². The van der Waals surface area contributed by atoms with Crippen molar-refractivity contribution in [2.75, 3.05) is 13.7 Å². The summed E-state index contributed by atoms with van der Waals surface area (Å²) in [7, 11) is 3.18. The first-order chi connectivity index (χ1) is 14.4. The van der Waals surface area contributed by atoms with E-state index in [9.17, 15) is 18.4 Å². The molecule has 0 saturated heterocycles. The van der Waals surface area contributed by atoms with Gasteiger partial charge in [0, 0.05) is 24.1 Å². The summed E-state index contributed by atoms with van der Waals surface area (Å²) in [6.45, 7) is 0.254. The number of aromatic nitrogens is 3. The third kappa shape index (κ3) is 4.88. The highest BCUT2D eigenvalue weighted by molar-refractivity contribution is 7.99. The second-order valence-corrected chi connectivity index (χ2v) is 7.28. The van der Waals surface area contributed by atoms with Gasteiger partial charge in [-0.2, -0.15) is 8.78 Å². The van der Waals surface area contributed by atoms with Gasteiger partial charge in [0.05, 0.1) is 19.2 Å². The van der Waals surface area contributed by atoms with Crippen molar-refractivity contribution in [3.8, 4) is 17.1 Å². The van der Waals surface area contributed by atoms with E-state index in [-0.39, 0.29) is 29.2 Å². The molecule has 1 amide bonds. The van der Waals surface area contributed by atoms with Gasteiger partial charge in [-0.25, -0.2) is 9.48 Å². The number of carbonyl (C=O) groups excluding carboxylic acids is 1. The SMILES string of the molecule is COc1ccc(-c2nn(CCNC(=O)c3ccccc3SC(F)F)c(=O)n2C)cc1. The van der Waals surface area contributed by atoms with Gasteiger partial charge in [0.25, 0.3) is 11.7 Å². The number of carbonyl (C=O) groups is 1. The molecule has 1 N–H and O–H groups in total. The highest BCUT2D eigenvalue weighted by Crippen LogP contribution is 2.28. The Kier molecular flexibility index (Phi) is 6.88. The molecule has 0 aliphatic heterocycles. The van der Waals surface area contributed by atoms with E-state index in [0.717, 1.165) is 5.56 Å². The monoisotopic (exact) mass is 434 g/mol. The summed E-state index contributed by atoms with van der Waals surface area (Å²) in [4.78, 5) is 25.0. The van der Waals surface area contributed by atoms with Crippen molar-refractivity contribution in [1.82, 2.24) is 19.7 Å². The van der Waals surface area contributed by atoms with Gasteiger partial charge < -0.3 is 10.1 Å². The quantitative estimate of drug-likeness (QED) is 0.552. The fourth-order valence-corrected chi connectivity index (χ4v) is 3.49. The second kappa shape index (κ2) is 9.57. The lowest BCUT2D eigenvalue weighted by Crippen LogP contribution is -2.32. The lowest BCUT2D eigenvalue weighted by molar-refractivity contribution is 0.0949. The predicted molar refractivity (Wildman–Crippen MR) is 110 cm³/mol. The molecular formula is C20H20F2N4O3S. The Hall–Kier alpha value is -3.14. The first kappa shape index (κ1) is 21.6. The van der Waals surface area contributed by atoms with Crippen LogP contribution in [-0.2, 0) is 13.6 Å². The molecule has 0 radical (unpaired) electrons. The Morgan fingerprint density at radius 3 is 2.57 bits per heavy atom. The fourth-order valence-electron chi connectivity index (χ4n) is 2.85. The second-order valence-electron chi connectivity index (χ2n) is 6.25. The molecule has 158 valence electrons. The Morgan fingerprint density at radius 1 is 1.20 bits per heavy atom. The number of nitrogens with zero attached hydrogens (tertiary/aromatic N) is 3. The van der Waals surface area contributed by atoms with E-state index in [4.69, 9.17) is 4.74 Å². The summed E-state index contributed by atoms with van der Waals surface area (Å²) >= 11 is 0.317.